The number of unbranched alkanes of at least 4 members (excludes halogenated alkanes) is 3. The molecule has 5 atom stereocenters. The van der Waals surface area contributed by atoms with Gasteiger partial charge in [0.1, 0.15) is 5.78 Å². The van der Waals surface area contributed by atoms with Crippen molar-refractivity contribution in [3.05, 3.63) is 12.2 Å². The third kappa shape index (κ3) is 3.46. The summed E-state index contributed by atoms with van der Waals surface area (Å²) in [5, 5.41) is 19.9. The number of fused-ring (bicyclic) bond motifs is 1. The number of aliphatic hydroxyl groups is 2. The lowest BCUT2D eigenvalue weighted by atomic mass is 9.74. The lowest BCUT2D eigenvalue weighted by Gasteiger charge is -2.30. The maximum Gasteiger partial charge on any atom is 0.136 e. The van der Waals surface area contributed by atoms with E-state index >= 15 is 0 Å². The minimum atomic E-state index is -0.405. The van der Waals surface area contributed by atoms with Crippen molar-refractivity contribution >= 4 is 5.78 Å². The summed E-state index contributed by atoms with van der Waals surface area (Å²) in [4.78, 5) is 11.4. The quantitative estimate of drug-likeness (QED) is 0.550. The highest BCUT2D eigenvalue weighted by atomic mass is 16.3. The molecule has 0 aliphatic heterocycles. The topological polar surface area (TPSA) is 57.5 Å². The van der Waals surface area contributed by atoms with Crippen molar-refractivity contribution in [2.24, 2.45) is 17.8 Å². The van der Waals surface area contributed by atoms with Crippen LogP contribution in [0.1, 0.15) is 51.9 Å². The average molecular weight is 266 g/mol. The zero-order valence-electron chi connectivity index (χ0n) is 11.8. The normalized spacial score (nSPS) is 35.4. The molecule has 0 aromatic carbocycles. The van der Waals surface area contributed by atoms with Crippen LogP contribution < -0.4 is 0 Å². The van der Waals surface area contributed by atoms with Gasteiger partial charge in [-0.2, -0.15) is 0 Å². The van der Waals surface area contributed by atoms with Crippen LogP contribution in [0.5, 0.6) is 0 Å². The second-order valence-electron chi connectivity index (χ2n) is 6.13. The molecule has 19 heavy (non-hydrogen) atoms. The fourth-order valence-electron chi connectivity index (χ4n) is 3.36. The van der Waals surface area contributed by atoms with Gasteiger partial charge >= 0.3 is 0 Å². The lowest BCUT2D eigenvalue weighted by molar-refractivity contribution is -0.135. The Morgan fingerprint density at radius 2 is 2.16 bits per heavy atom. The fourth-order valence-corrected chi connectivity index (χ4v) is 3.36. The van der Waals surface area contributed by atoms with Gasteiger partial charge in [0.25, 0.3) is 0 Å². The van der Waals surface area contributed by atoms with Crippen LogP contribution in [-0.4, -0.2) is 28.2 Å². The molecule has 0 aromatic rings. The standard InChI is InChI=1S/C16H26O3/c1-2-3-4-5-6-12(17)8-7-11-9-13-14(16(11)19)10-15(13)18/h7-8,11-14,16-17,19H,2-6,9-10H2,1H3/t11?,12?,13-,14+,16?/m0/s1. The molecule has 0 spiro atoms. The van der Waals surface area contributed by atoms with Gasteiger partial charge in [-0.25, -0.2) is 0 Å². The van der Waals surface area contributed by atoms with Crippen molar-refractivity contribution in [2.45, 2.75) is 64.1 Å². The van der Waals surface area contributed by atoms with Crippen molar-refractivity contribution in [3.8, 4) is 0 Å². The number of ketones is 1. The van der Waals surface area contributed by atoms with Crippen molar-refractivity contribution < 1.29 is 15.0 Å². The Hall–Kier alpha value is -0.670. The van der Waals surface area contributed by atoms with Gasteiger partial charge in [0.05, 0.1) is 12.2 Å². The van der Waals surface area contributed by atoms with E-state index in [-0.39, 0.29) is 23.9 Å². The molecule has 0 saturated heterocycles. The van der Waals surface area contributed by atoms with E-state index in [4.69, 9.17) is 0 Å². The monoisotopic (exact) mass is 266 g/mol. The largest absolute Gasteiger partial charge is 0.392 e. The first-order chi connectivity index (χ1) is 9.13. The molecule has 2 N–H and O–H groups in total. The van der Waals surface area contributed by atoms with Gasteiger partial charge in [0.15, 0.2) is 0 Å². The van der Waals surface area contributed by atoms with E-state index in [1.807, 2.05) is 12.2 Å². The first kappa shape index (κ1) is 14.7. The third-order valence-electron chi connectivity index (χ3n) is 4.70. The van der Waals surface area contributed by atoms with Crippen LogP contribution in [-0.2, 0) is 4.79 Å². The molecular weight excluding hydrogens is 240 g/mol. The number of hydrogen-bond acceptors (Lipinski definition) is 3. The Labute approximate surface area is 115 Å². The molecule has 0 radical (unpaired) electrons. The zero-order chi connectivity index (χ0) is 13.8. The molecule has 3 nitrogen and oxygen atoms in total. The molecule has 2 saturated carbocycles. The summed E-state index contributed by atoms with van der Waals surface area (Å²) in [6.45, 7) is 2.17. The van der Waals surface area contributed by atoms with E-state index in [1.54, 1.807) is 0 Å². The van der Waals surface area contributed by atoms with Crippen molar-refractivity contribution in [1.82, 2.24) is 0 Å². The van der Waals surface area contributed by atoms with Crippen LogP contribution in [0.25, 0.3) is 0 Å². The summed E-state index contributed by atoms with van der Waals surface area (Å²) in [6, 6.07) is 0. The molecular formula is C16H26O3. The van der Waals surface area contributed by atoms with Gasteiger partial charge in [-0.05, 0) is 12.8 Å². The van der Waals surface area contributed by atoms with Gasteiger partial charge in [-0.1, -0.05) is 44.8 Å². The van der Waals surface area contributed by atoms with Gasteiger partial charge in [-0.3, -0.25) is 4.79 Å². The van der Waals surface area contributed by atoms with E-state index in [0.717, 1.165) is 19.3 Å². The number of Topliss-reactive ketones (excluding diaryl/α,β-unsaturated/α-hetero) is 1. The second-order valence-corrected chi connectivity index (χ2v) is 6.13. The van der Waals surface area contributed by atoms with Gasteiger partial charge < -0.3 is 10.2 Å². The third-order valence-corrected chi connectivity index (χ3v) is 4.70. The number of aliphatic hydroxyl groups excluding tert-OH is 2. The summed E-state index contributed by atoms with van der Waals surface area (Å²) in [5.74, 6) is 0.641. The molecule has 0 aromatic heterocycles. The fraction of sp³-hybridized carbons (Fsp3) is 0.812. The predicted octanol–water partition coefficient (Wildman–Crippen LogP) is 2.46. The molecule has 0 heterocycles. The van der Waals surface area contributed by atoms with E-state index in [0.29, 0.717) is 12.2 Å². The number of rotatable bonds is 7. The van der Waals surface area contributed by atoms with E-state index < -0.39 is 6.10 Å². The first-order valence-corrected chi connectivity index (χ1v) is 7.70. The summed E-state index contributed by atoms with van der Waals surface area (Å²) >= 11 is 0. The summed E-state index contributed by atoms with van der Waals surface area (Å²) in [5.41, 5.74) is 0. The van der Waals surface area contributed by atoms with Crippen LogP contribution >= 0.6 is 0 Å². The van der Waals surface area contributed by atoms with Crippen molar-refractivity contribution in [2.75, 3.05) is 0 Å². The first-order valence-electron chi connectivity index (χ1n) is 7.70. The van der Waals surface area contributed by atoms with E-state index in [2.05, 4.69) is 6.92 Å². The summed E-state index contributed by atoms with van der Waals surface area (Å²) in [7, 11) is 0. The van der Waals surface area contributed by atoms with Gasteiger partial charge in [-0.15, -0.1) is 0 Å². The highest BCUT2D eigenvalue weighted by Gasteiger charge is 2.51. The molecule has 3 heteroatoms. The second kappa shape index (κ2) is 6.67. The van der Waals surface area contributed by atoms with Crippen LogP contribution in [0, 0.1) is 17.8 Å². The van der Waals surface area contributed by atoms with Crippen molar-refractivity contribution in [3.63, 3.8) is 0 Å². The smallest absolute Gasteiger partial charge is 0.136 e. The van der Waals surface area contributed by atoms with Crippen LogP contribution in [0.15, 0.2) is 12.2 Å². The van der Waals surface area contributed by atoms with Gasteiger partial charge in [0.2, 0.25) is 0 Å². The number of carbonyl (C=O) groups excluding carboxylic acids is 1. The zero-order valence-corrected chi connectivity index (χ0v) is 11.8. The SMILES string of the molecule is CCCCCCC(O)C=CC1C[C@@H]2C(=O)C[C@H]2C1O. The molecule has 2 aliphatic rings. The molecule has 3 unspecified atom stereocenters. The minimum Gasteiger partial charge on any atom is -0.392 e. The highest BCUT2D eigenvalue weighted by Crippen LogP contribution is 2.47. The maximum atomic E-state index is 11.4. The Bertz CT molecular complexity index is 337. The Kier molecular flexibility index (Phi) is 5.17. The molecule has 108 valence electrons. The van der Waals surface area contributed by atoms with Crippen LogP contribution in [0.2, 0.25) is 0 Å². The summed E-state index contributed by atoms with van der Waals surface area (Å²) in [6.07, 6.45) is 9.73. The molecule has 0 bridgehead atoms. The van der Waals surface area contributed by atoms with Crippen LogP contribution in [0.3, 0.4) is 0 Å². The Balaban J connectivity index is 1.71. The minimum absolute atomic E-state index is 0.0618. The van der Waals surface area contributed by atoms with Gasteiger partial charge in [0, 0.05) is 24.2 Å². The average Bonchev–Trinajstić information content (AvgIpc) is 2.64. The Morgan fingerprint density at radius 3 is 2.79 bits per heavy atom. The predicted molar refractivity (Wildman–Crippen MR) is 74.6 cm³/mol. The van der Waals surface area contributed by atoms with E-state index in [1.165, 1.54) is 19.3 Å². The molecule has 0 amide bonds. The summed E-state index contributed by atoms with van der Waals surface area (Å²) < 4.78 is 0. The molecule has 2 rings (SSSR count). The van der Waals surface area contributed by atoms with E-state index in [9.17, 15) is 15.0 Å². The molecule has 2 fully saturated rings. The highest BCUT2D eigenvalue weighted by molar-refractivity contribution is 5.88. The number of carbonyl (C=O) groups is 1. The van der Waals surface area contributed by atoms with Crippen molar-refractivity contribution in [1.29, 1.82) is 0 Å². The Morgan fingerprint density at radius 1 is 1.37 bits per heavy atom. The van der Waals surface area contributed by atoms with Crippen LogP contribution in [0.4, 0.5) is 0 Å². The lowest BCUT2D eigenvalue weighted by Crippen LogP contribution is -2.38. The number of hydrogen-bond donors (Lipinski definition) is 2. The molecule has 2 aliphatic carbocycles. The maximum absolute atomic E-state index is 11.4.